The SMILES string of the molecule is CCCCCCCCCCC1OC1C(O)c1ccco1. The van der Waals surface area contributed by atoms with Gasteiger partial charge in [-0.2, -0.15) is 0 Å². The summed E-state index contributed by atoms with van der Waals surface area (Å²) in [6.45, 7) is 2.25. The zero-order valence-corrected chi connectivity index (χ0v) is 12.6. The standard InChI is InChI=1S/C17H28O3/c1-2-3-4-5-6-7-8-9-11-15-17(20-15)16(18)14-12-10-13-19-14/h10,12-13,15-18H,2-9,11H2,1H3. The van der Waals surface area contributed by atoms with Crippen LogP contribution in [0.1, 0.15) is 76.6 Å². The van der Waals surface area contributed by atoms with Crippen molar-refractivity contribution >= 4 is 0 Å². The molecule has 2 heterocycles. The molecule has 0 radical (unpaired) electrons. The van der Waals surface area contributed by atoms with Gasteiger partial charge in [-0.15, -0.1) is 0 Å². The van der Waals surface area contributed by atoms with E-state index in [0.29, 0.717) is 5.76 Å². The molecule has 1 aliphatic heterocycles. The van der Waals surface area contributed by atoms with Crippen molar-refractivity contribution < 1.29 is 14.3 Å². The van der Waals surface area contributed by atoms with E-state index in [1.165, 1.54) is 51.4 Å². The van der Waals surface area contributed by atoms with Gasteiger partial charge in [0.2, 0.25) is 0 Å². The van der Waals surface area contributed by atoms with Gasteiger partial charge >= 0.3 is 0 Å². The van der Waals surface area contributed by atoms with Crippen LogP contribution in [0.25, 0.3) is 0 Å². The molecule has 20 heavy (non-hydrogen) atoms. The van der Waals surface area contributed by atoms with E-state index in [1.807, 2.05) is 0 Å². The van der Waals surface area contributed by atoms with Gasteiger partial charge in [0.15, 0.2) is 0 Å². The number of furan rings is 1. The third kappa shape index (κ3) is 4.95. The minimum atomic E-state index is -0.593. The van der Waals surface area contributed by atoms with Crippen LogP contribution in [0.3, 0.4) is 0 Å². The van der Waals surface area contributed by atoms with Gasteiger partial charge in [-0.3, -0.25) is 0 Å². The second-order valence-corrected chi connectivity index (χ2v) is 5.86. The van der Waals surface area contributed by atoms with Gasteiger partial charge < -0.3 is 14.3 Å². The monoisotopic (exact) mass is 280 g/mol. The van der Waals surface area contributed by atoms with Crippen LogP contribution in [0.5, 0.6) is 0 Å². The lowest BCUT2D eigenvalue weighted by atomic mass is 10.0. The molecule has 0 aliphatic carbocycles. The lowest BCUT2D eigenvalue weighted by molar-refractivity contribution is 0.114. The lowest BCUT2D eigenvalue weighted by Crippen LogP contribution is -2.07. The van der Waals surface area contributed by atoms with Crippen LogP contribution in [0.15, 0.2) is 22.8 Å². The first-order chi connectivity index (χ1) is 9.83. The molecule has 114 valence electrons. The molecule has 1 aromatic heterocycles. The first-order valence-electron chi connectivity index (χ1n) is 8.20. The fourth-order valence-electron chi connectivity index (χ4n) is 2.77. The summed E-state index contributed by atoms with van der Waals surface area (Å²) in [5, 5.41) is 10.0. The zero-order chi connectivity index (χ0) is 14.2. The summed E-state index contributed by atoms with van der Waals surface area (Å²) in [4.78, 5) is 0. The number of unbranched alkanes of at least 4 members (excludes halogenated alkanes) is 7. The maximum absolute atomic E-state index is 10.0. The van der Waals surface area contributed by atoms with Gasteiger partial charge in [-0.05, 0) is 18.6 Å². The van der Waals surface area contributed by atoms with Crippen LogP contribution in [-0.4, -0.2) is 17.3 Å². The molecular weight excluding hydrogens is 252 g/mol. The Morgan fingerprint density at radius 1 is 1.10 bits per heavy atom. The molecule has 1 saturated heterocycles. The number of aliphatic hydroxyl groups is 1. The van der Waals surface area contributed by atoms with Crippen molar-refractivity contribution in [2.45, 2.75) is 83.0 Å². The summed E-state index contributed by atoms with van der Waals surface area (Å²) in [6, 6.07) is 3.61. The van der Waals surface area contributed by atoms with E-state index in [4.69, 9.17) is 9.15 Å². The summed E-state index contributed by atoms with van der Waals surface area (Å²) >= 11 is 0. The molecule has 1 aliphatic rings. The Labute approximate surface area is 122 Å². The van der Waals surface area contributed by atoms with Crippen LogP contribution in [0.4, 0.5) is 0 Å². The Hall–Kier alpha value is -0.800. The van der Waals surface area contributed by atoms with Crippen molar-refractivity contribution in [1.29, 1.82) is 0 Å². The lowest BCUT2D eigenvalue weighted by Gasteiger charge is -2.03. The smallest absolute Gasteiger partial charge is 0.140 e. The summed E-state index contributed by atoms with van der Waals surface area (Å²) in [7, 11) is 0. The Bertz CT molecular complexity index is 347. The van der Waals surface area contributed by atoms with E-state index < -0.39 is 6.10 Å². The summed E-state index contributed by atoms with van der Waals surface area (Å²) in [6.07, 6.45) is 12.9. The second-order valence-electron chi connectivity index (χ2n) is 5.86. The number of aliphatic hydroxyl groups excluding tert-OH is 1. The molecule has 1 N–H and O–H groups in total. The number of hydrogen-bond acceptors (Lipinski definition) is 3. The van der Waals surface area contributed by atoms with E-state index in [2.05, 4.69) is 6.92 Å². The maximum atomic E-state index is 10.0. The molecule has 0 amide bonds. The van der Waals surface area contributed by atoms with Gasteiger partial charge in [0.05, 0.1) is 12.4 Å². The van der Waals surface area contributed by atoms with Crippen molar-refractivity contribution in [1.82, 2.24) is 0 Å². The van der Waals surface area contributed by atoms with Crippen LogP contribution >= 0.6 is 0 Å². The number of epoxide rings is 1. The van der Waals surface area contributed by atoms with Gasteiger partial charge in [0.25, 0.3) is 0 Å². The topological polar surface area (TPSA) is 45.9 Å². The summed E-state index contributed by atoms with van der Waals surface area (Å²) in [5.41, 5.74) is 0. The molecule has 3 unspecified atom stereocenters. The normalized spacial score (nSPS) is 22.9. The second kappa shape index (κ2) is 8.48. The van der Waals surface area contributed by atoms with Crippen LogP contribution < -0.4 is 0 Å². The van der Waals surface area contributed by atoms with Gasteiger partial charge in [0.1, 0.15) is 18.0 Å². The van der Waals surface area contributed by atoms with Gasteiger partial charge in [-0.1, -0.05) is 58.3 Å². The first kappa shape index (κ1) is 15.6. The van der Waals surface area contributed by atoms with Crippen molar-refractivity contribution in [3.63, 3.8) is 0 Å². The minimum absolute atomic E-state index is 0.0503. The molecule has 0 spiro atoms. The highest BCUT2D eigenvalue weighted by molar-refractivity contribution is 5.08. The first-order valence-corrected chi connectivity index (χ1v) is 8.20. The Kier molecular flexibility index (Phi) is 6.61. The predicted molar refractivity (Wildman–Crippen MR) is 79.6 cm³/mol. The fraction of sp³-hybridized carbons (Fsp3) is 0.765. The summed E-state index contributed by atoms with van der Waals surface area (Å²) in [5.74, 6) is 0.619. The molecule has 0 saturated carbocycles. The summed E-state index contributed by atoms with van der Waals surface area (Å²) < 4.78 is 10.8. The van der Waals surface area contributed by atoms with Crippen molar-refractivity contribution in [2.75, 3.05) is 0 Å². The molecule has 2 rings (SSSR count). The fourth-order valence-corrected chi connectivity index (χ4v) is 2.77. The molecule has 3 nitrogen and oxygen atoms in total. The van der Waals surface area contributed by atoms with Crippen LogP contribution in [-0.2, 0) is 4.74 Å². The van der Waals surface area contributed by atoms with E-state index in [-0.39, 0.29) is 12.2 Å². The minimum Gasteiger partial charge on any atom is -0.466 e. The number of rotatable bonds is 11. The molecule has 3 heteroatoms. The van der Waals surface area contributed by atoms with Crippen LogP contribution in [0.2, 0.25) is 0 Å². The highest BCUT2D eigenvalue weighted by Gasteiger charge is 2.45. The highest BCUT2D eigenvalue weighted by Crippen LogP contribution is 2.37. The van der Waals surface area contributed by atoms with E-state index in [1.54, 1.807) is 18.4 Å². The Balaban J connectivity index is 1.46. The molecule has 0 bridgehead atoms. The highest BCUT2D eigenvalue weighted by atomic mass is 16.6. The number of ether oxygens (including phenoxy) is 1. The van der Waals surface area contributed by atoms with Crippen molar-refractivity contribution in [3.8, 4) is 0 Å². The molecule has 3 atom stereocenters. The average Bonchev–Trinajstić information content (AvgIpc) is 3.01. The van der Waals surface area contributed by atoms with Gasteiger partial charge in [0, 0.05) is 0 Å². The van der Waals surface area contributed by atoms with Crippen LogP contribution in [0, 0.1) is 0 Å². The zero-order valence-electron chi connectivity index (χ0n) is 12.6. The molecule has 1 aromatic rings. The predicted octanol–water partition coefficient (Wildman–Crippen LogP) is 4.61. The van der Waals surface area contributed by atoms with Crippen molar-refractivity contribution in [2.24, 2.45) is 0 Å². The van der Waals surface area contributed by atoms with Crippen molar-refractivity contribution in [3.05, 3.63) is 24.2 Å². The Morgan fingerprint density at radius 2 is 1.80 bits per heavy atom. The van der Waals surface area contributed by atoms with Gasteiger partial charge in [-0.25, -0.2) is 0 Å². The molecule has 1 fully saturated rings. The quantitative estimate of drug-likeness (QED) is 0.475. The van der Waals surface area contributed by atoms with E-state index in [0.717, 1.165) is 6.42 Å². The van der Waals surface area contributed by atoms with E-state index in [9.17, 15) is 5.11 Å². The largest absolute Gasteiger partial charge is 0.466 e. The molecule has 0 aromatic carbocycles. The maximum Gasteiger partial charge on any atom is 0.140 e. The third-order valence-electron chi connectivity index (χ3n) is 4.11. The Morgan fingerprint density at radius 3 is 2.45 bits per heavy atom. The third-order valence-corrected chi connectivity index (χ3v) is 4.11. The molecular formula is C17H28O3. The van der Waals surface area contributed by atoms with E-state index >= 15 is 0 Å². The number of hydrogen-bond donors (Lipinski definition) is 1. The average molecular weight is 280 g/mol.